The number of aliphatic hydroxyl groups excluding tert-OH is 1. The number of nitrogens with zero attached hydrogens (tertiary/aromatic N) is 3. The molecule has 0 saturated heterocycles. The van der Waals surface area contributed by atoms with Gasteiger partial charge in [-0.2, -0.15) is 0 Å². The van der Waals surface area contributed by atoms with Crippen molar-refractivity contribution >= 4 is 0 Å². The van der Waals surface area contributed by atoms with Gasteiger partial charge in [0.1, 0.15) is 0 Å². The Hall–Kier alpha value is -1.72. The number of hydrogen-bond donors (Lipinski definition) is 2. The van der Waals surface area contributed by atoms with E-state index in [2.05, 4.69) is 10.3 Å². The molecule has 0 bridgehead atoms. The maximum absolute atomic E-state index is 9.87. The zero-order valence-corrected chi connectivity index (χ0v) is 8.82. The second-order valence-electron chi connectivity index (χ2n) is 3.50. The molecule has 2 aromatic rings. The van der Waals surface area contributed by atoms with Crippen LogP contribution in [0.25, 0.3) is 5.69 Å². The lowest BCUT2D eigenvalue weighted by Crippen LogP contribution is -2.11. The van der Waals surface area contributed by atoms with Crippen LogP contribution < -0.4 is 5.73 Å². The van der Waals surface area contributed by atoms with Gasteiger partial charge < -0.3 is 10.8 Å². The number of aliphatic hydroxyl groups is 1. The van der Waals surface area contributed by atoms with E-state index in [0.717, 1.165) is 5.69 Å². The molecule has 0 aliphatic rings. The SMILES string of the molecule is NCCC(O)c1cnnn1-c1ccccc1. The molecule has 0 saturated carbocycles. The average molecular weight is 218 g/mol. The third-order valence-corrected chi connectivity index (χ3v) is 2.36. The van der Waals surface area contributed by atoms with Gasteiger partial charge in [0.25, 0.3) is 0 Å². The molecular weight excluding hydrogens is 204 g/mol. The molecule has 84 valence electrons. The Morgan fingerprint density at radius 2 is 2.06 bits per heavy atom. The molecule has 3 N–H and O–H groups in total. The number of benzene rings is 1. The van der Waals surface area contributed by atoms with E-state index in [-0.39, 0.29) is 0 Å². The monoisotopic (exact) mass is 218 g/mol. The fourth-order valence-electron chi connectivity index (χ4n) is 1.55. The fraction of sp³-hybridized carbons (Fsp3) is 0.273. The van der Waals surface area contributed by atoms with Crippen LogP contribution in [0.2, 0.25) is 0 Å². The molecule has 0 aliphatic carbocycles. The molecule has 0 spiro atoms. The van der Waals surface area contributed by atoms with Crippen molar-refractivity contribution in [3.05, 3.63) is 42.2 Å². The van der Waals surface area contributed by atoms with Gasteiger partial charge in [-0.1, -0.05) is 23.4 Å². The smallest absolute Gasteiger partial charge is 0.0989 e. The first-order chi connectivity index (χ1) is 7.83. The minimum absolute atomic E-state index is 0.432. The van der Waals surface area contributed by atoms with E-state index >= 15 is 0 Å². The van der Waals surface area contributed by atoms with Crippen molar-refractivity contribution in [2.24, 2.45) is 5.73 Å². The molecule has 1 aromatic heterocycles. The number of para-hydroxylation sites is 1. The van der Waals surface area contributed by atoms with Crippen LogP contribution in [0.15, 0.2) is 36.5 Å². The number of aromatic nitrogens is 3. The van der Waals surface area contributed by atoms with E-state index in [1.165, 1.54) is 0 Å². The minimum Gasteiger partial charge on any atom is -0.387 e. The molecule has 1 unspecified atom stereocenters. The topological polar surface area (TPSA) is 77.0 Å². The molecule has 1 heterocycles. The maximum Gasteiger partial charge on any atom is 0.0989 e. The molecular formula is C11H14N4O. The van der Waals surface area contributed by atoms with Crippen molar-refractivity contribution in [1.29, 1.82) is 0 Å². The van der Waals surface area contributed by atoms with Gasteiger partial charge in [0, 0.05) is 0 Å². The van der Waals surface area contributed by atoms with Crippen molar-refractivity contribution in [2.45, 2.75) is 12.5 Å². The van der Waals surface area contributed by atoms with Crippen LogP contribution in [-0.2, 0) is 0 Å². The quantitative estimate of drug-likeness (QED) is 0.790. The van der Waals surface area contributed by atoms with Crippen molar-refractivity contribution in [3.63, 3.8) is 0 Å². The van der Waals surface area contributed by atoms with E-state index in [9.17, 15) is 5.11 Å². The highest BCUT2D eigenvalue weighted by Gasteiger charge is 2.14. The first kappa shape index (κ1) is 10.8. The largest absolute Gasteiger partial charge is 0.387 e. The molecule has 2 rings (SSSR count). The Morgan fingerprint density at radius 1 is 1.31 bits per heavy atom. The van der Waals surface area contributed by atoms with Gasteiger partial charge in [-0.3, -0.25) is 0 Å². The second-order valence-corrected chi connectivity index (χ2v) is 3.50. The van der Waals surface area contributed by atoms with E-state index in [1.807, 2.05) is 30.3 Å². The minimum atomic E-state index is -0.625. The third-order valence-electron chi connectivity index (χ3n) is 2.36. The van der Waals surface area contributed by atoms with Crippen LogP contribution in [0.1, 0.15) is 18.2 Å². The summed E-state index contributed by atoms with van der Waals surface area (Å²) in [7, 11) is 0. The zero-order chi connectivity index (χ0) is 11.4. The van der Waals surface area contributed by atoms with Gasteiger partial charge in [-0.25, -0.2) is 4.68 Å². The van der Waals surface area contributed by atoms with Crippen LogP contribution in [0, 0.1) is 0 Å². The van der Waals surface area contributed by atoms with Gasteiger partial charge >= 0.3 is 0 Å². The predicted molar refractivity (Wildman–Crippen MR) is 60.0 cm³/mol. The average Bonchev–Trinajstić information content (AvgIpc) is 2.79. The predicted octanol–water partition coefficient (Wildman–Crippen LogP) is 0.650. The van der Waals surface area contributed by atoms with Gasteiger partial charge in [0.15, 0.2) is 0 Å². The van der Waals surface area contributed by atoms with Gasteiger partial charge in [-0.05, 0) is 25.1 Å². The van der Waals surface area contributed by atoms with Crippen molar-refractivity contribution < 1.29 is 5.11 Å². The van der Waals surface area contributed by atoms with Crippen LogP contribution in [0.5, 0.6) is 0 Å². The first-order valence-electron chi connectivity index (χ1n) is 5.17. The normalized spacial score (nSPS) is 12.6. The lowest BCUT2D eigenvalue weighted by atomic mass is 10.2. The summed E-state index contributed by atoms with van der Waals surface area (Å²) in [4.78, 5) is 0. The highest BCUT2D eigenvalue weighted by atomic mass is 16.3. The maximum atomic E-state index is 9.87. The molecule has 1 atom stereocenters. The van der Waals surface area contributed by atoms with Gasteiger partial charge in [0.2, 0.25) is 0 Å². The van der Waals surface area contributed by atoms with E-state index in [1.54, 1.807) is 10.9 Å². The van der Waals surface area contributed by atoms with Crippen LogP contribution >= 0.6 is 0 Å². The Labute approximate surface area is 93.5 Å². The first-order valence-corrected chi connectivity index (χ1v) is 5.17. The highest BCUT2D eigenvalue weighted by Crippen LogP contribution is 2.17. The van der Waals surface area contributed by atoms with E-state index in [0.29, 0.717) is 18.7 Å². The molecule has 0 radical (unpaired) electrons. The number of rotatable bonds is 4. The van der Waals surface area contributed by atoms with Crippen LogP contribution in [0.4, 0.5) is 0 Å². The zero-order valence-electron chi connectivity index (χ0n) is 8.82. The Morgan fingerprint density at radius 3 is 2.75 bits per heavy atom. The summed E-state index contributed by atoms with van der Waals surface area (Å²) in [6.07, 6.45) is 1.44. The summed E-state index contributed by atoms with van der Waals surface area (Å²) < 4.78 is 1.63. The number of hydrogen-bond acceptors (Lipinski definition) is 4. The lowest BCUT2D eigenvalue weighted by Gasteiger charge is -2.10. The highest BCUT2D eigenvalue weighted by molar-refractivity contribution is 5.31. The van der Waals surface area contributed by atoms with Crippen LogP contribution in [-0.4, -0.2) is 26.6 Å². The van der Waals surface area contributed by atoms with Crippen molar-refractivity contribution in [1.82, 2.24) is 15.0 Å². The molecule has 5 heteroatoms. The summed E-state index contributed by atoms with van der Waals surface area (Å²) in [6, 6.07) is 9.57. The second kappa shape index (κ2) is 4.87. The summed E-state index contributed by atoms with van der Waals surface area (Å²) in [5.41, 5.74) is 6.96. The van der Waals surface area contributed by atoms with Crippen molar-refractivity contribution in [3.8, 4) is 5.69 Å². The van der Waals surface area contributed by atoms with Crippen LogP contribution in [0.3, 0.4) is 0 Å². The Balaban J connectivity index is 2.33. The fourth-order valence-corrected chi connectivity index (χ4v) is 1.55. The summed E-state index contributed by atoms with van der Waals surface area (Å²) in [5, 5.41) is 17.6. The summed E-state index contributed by atoms with van der Waals surface area (Å²) in [6.45, 7) is 0.432. The van der Waals surface area contributed by atoms with Crippen molar-refractivity contribution in [2.75, 3.05) is 6.54 Å². The Kier molecular flexibility index (Phi) is 3.28. The molecule has 0 aliphatic heterocycles. The number of nitrogens with two attached hydrogens (primary N) is 1. The van der Waals surface area contributed by atoms with Gasteiger partial charge in [0.05, 0.1) is 23.7 Å². The van der Waals surface area contributed by atoms with E-state index in [4.69, 9.17) is 5.73 Å². The molecule has 16 heavy (non-hydrogen) atoms. The summed E-state index contributed by atoms with van der Waals surface area (Å²) in [5.74, 6) is 0. The molecule has 0 amide bonds. The van der Waals surface area contributed by atoms with Gasteiger partial charge in [-0.15, -0.1) is 5.10 Å². The standard InChI is InChI=1S/C11H14N4O/c12-7-6-11(16)10-8-13-14-15(10)9-4-2-1-3-5-9/h1-5,8,11,16H,6-7,12H2. The Bertz CT molecular complexity index is 440. The lowest BCUT2D eigenvalue weighted by molar-refractivity contribution is 0.162. The summed E-state index contributed by atoms with van der Waals surface area (Å²) >= 11 is 0. The molecule has 5 nitrogen and oxygen atoms in total. The third kappa shape index (κ3) is 2.10. The molecule has 0 fully saturated rings. The molecule has 1 aromatic carbocycles. The van der Waals surface area contributed by atoms with E-state index < -0.39 is 6.10 Å².